The first-order valence-electron chi connectivity index (χ1n) is 10.0. The fourth-order valence-corrected chi connectivity index (χ4v) is 2.91. The highest BCUT2D eigenvalue weighted by molar-refractivity contribution is 5.95. The minimum absolute atomic E-state index is 0.132. The van der Waals surface area contributed by atoms with Gasteiger partial charge in [-0.25, -0.2) is 0 Å². The highest BCUT2D eigenvalue weighted by atomic mass is 16.5. The summed E-state index contributed by atoms with van der Waals surface area (Å²) >= 11 is 0. The second kappa shape index (κ2) is 10.8. The number of carbonyl (C=O) groups is 3. The van der Waals surface area contributed by atoms with Gasteiger partial charge in [0.2, 0.25) is 0 Å². The normalized spacial score (nSPS) is 10.2. The Morgan fingerprint density at radius 3 is 2.38 bits per heavy atom. The fourth-order valence-electron chi connectivity index (χ4n) is 2.91. The van der Waals surface area contributed by atoms with Crippen molar-refractivity contribution in [1.29, 1.82) is 0 Å². The lowest BCUT2D eigenvalue weighted by Gasteiger charge is -2.13. The molecule has 0 aromatic heterocycles. The molecule has 0 bridgehead atoms. The van der Waals surface area contributed by atoms with Crippen molar-refractivity contribution in [3.05, 3.63) is 89.5 Å². The molecule has 0 radical (unpaired) electrons. The van der Waals surface area contributed by atoms with Gasteiger partial charge in [-0.1, -0.05) is 42.0 Å². The SMILES string of the molecule is CC(=O)Oc1cccc(C(=O)NCc2ccccc2NC(=O)COc2ccc(C)cc2)c1. The maximum atomic E-state index is 12.5. The van der Waals surface area contributed by atoms with E-state index in [1.165, 1.54) is 13.0 Å². The van der Waals surface area contributed by atoms with Crippen LogP contribution in [0, 0.1) is 6.92 Å². The van der Waals surface area contributed by atoms with Crippen molar-refractivity contribution in [1.82, 2.24) is 5.32 Å². The molecular weight excluding hydrogens is 408 g/mol. The van der Waals surface area contributed by atoms with Crippen LogP contribution < -0.4 is 20.1 Å². The van der Waals surface area contributed by atoms with E-state index in [0.29, 0.717) is 22.7 Å². The van der Waals surface area contributed by atoms with E-state index in [1.54, 1.807) is 30.3 Å². The van der Waals surface area contributed by atoms with Gasteiger partial charge in [-0.05, 0) is 48.9 Å². The molecule has 0 saturated carbocycles. The van der Waals surface area contributed by atoms with Crippen molar-refractivity contribution in [2.75, 3.05) is 11.9 Å². The van der Waals surface area contributed by atoms with E-state index in [2.05, 4.69) is 10.6 Å². The van der Waals surface area contributed by atoms with Crippen molar-refractivity contribution in [3.63, 3.8) is 0 Å². The largest absolute Gasteiger partial charge is 0.484 e. The topological polar surface area (TPSA) is 93.7 Å². The Morgan fingerprint density at radius 2 is 1.62 bits per heavy atom. The number of ether oxygens (including phenoxy) is 2. The predicted octanol–water partition coefficient (Wildman–Crippen LogP) is 3.87. The number of rotatable bonds is 8. The Balaban J connectivity index is 1.57. The van der Waals surface area contributed by atoms with Gasteiger partial charge >= 0.3 is 5.97 Å². The Hall–Kier alpha value is -4.13. The molecule has 7 heteroatoms. The number of hydrogen-bond acceptors (Lipinski definition) is 5. The maximum Gasteiger partial charge on any atom is 0.308 e. The van der Waals surface area contributed by atoms with Crippen LogP contribution in [0.15, 0.2) is 72.8 Å². The van der Waals surface area contributed by atoms with Crippen LogP contribution >= 0.6 is 0 Å². The highest BCUT2D eigenvalue weighted by Gasteiger charge is 2.11. The summed E-state index contributed by atoms with van der Waals surface area (Å²) in [6, 6.07) is 21.0. The number of hydrogen-bond donors (Lipinski definition) is 2. The monoisotopic (exact) mass is 432 g/mol. The van der Waals surface area contributed by atoms with E-state index in [0.717, 1.165) is 11.1 Å². The van der Waals surface area contributed by atoms with Crippen LogP contribution in [0.2, 0.25) is 0 Å². The Kier molecular flexibility index (Phi) is 7.59. The van der Waals surface area contributed by atoms with Crippen LogP contribution in [0.3, 0.4) is 0 Å². The van der Waals surface area contributed by atoms with Gasteiger partial charge in [-0.2, -0.15) is 0 Å². The smallest absolute Gasteiger partial charge is 0.308 e. The molecule has 32 heavy (non-hydrogen) atoms. The second-order valence-corrected chi connectivity index (χ2v) is 7.11. The molecule has 0 saturated heterocycles. The summed E-state index contributed by atoms with van der Waals surface area (Å²) in [4.78, 5) is 35.9. The molecule has 2 N–H and O–H groups in total. The van der Waals surface area contributed by atoms with Gasteiger partial charge in [0.25, 0.3) is 11.8 Å². The van der Waals surface area contributed by atoms with Crippen LogP contribution in [0.5, 0.6) is 11.5 Å². The Bertz CT molecular complexity index is 1110. The highest BCUT2D eigenvalue weighted by Crippen LogP contribution is 2.17. The number of esters is 1. The summed E-state index contributed by atoms with van der Waals surface area (Å²) in [5, 5.41) is 5.62. The van der Waals surface area contributed by atoms with Crippen molar-refractivity contribution < 1.29 is 23.9 Å². The number of carbonyl (C=O) groups excluding carboxylic acids is 3. The van der Waals surface area contributed by atoms with Gasteiger partial charge in [-0.3, -0.25) is 14.4 Å². The van der Waals surface area contributed by atoms with Crippen molar-refractivity contribution >= 4 is 23.5 Å². The summed E-state index contributed by atoms with van der Waals surface area (Å²) in [5.74, 6) is -0.187. The summed E-state index contributed by atoms with van der Waals surface area (Å²) in [6.07, 6.45) is 0. The molecule has 7 nitrogen and oxygen atoms in total. The third kappa shape index (κ3) is 6.70. The van der Waals surface area contributed by atoms with Crippen LogP contribution in [-0.4, -0.2) is 24.4 Å². The van der Waals surface area contributed by atoms with Gasteiger partial charge in [0.15, 0.2) is 6.61 Å². The average Bonchev–Trinajstić information content (AvgIpc) is 2.77. The quantitative estimate of drug-likeness (QED) is 0.416. The fraction of sp³-hybridized carbons (Fsp3) is 0.160. The molecule has 0 fully saturated rings. The van der Waals surface area contributed by atoms with Gasteiger partial charge < -0.3 is 20.1 Å². The molecule has 164 valence electrons. The van der Waals surface area contributed by atoms with Crippen LogP contribution in [0.1, 0.15) is 28.4 Å². The van der Waals surface area contributed by atoms with Crippen LogP contribution in [0.4, 0.5) is 5.69 Å². The van der Waals surface area contributed by atoms with E-state index in [9.17, 15) is 14.4 Å². The van der Waals surface area contributed by atoms with Gasteiger partial charge in [0.1, 0.15) is 11.5 Å². The van der Waals surface area contributed by atoms with E-state index in [1.807, 2.05) is 43.3 Å². The molecule has 0 aliphatic carbocycles. The Labute approximate surface area is 186 Å². The molecule has 3 aromatic carbocycles. The third-order valence-electron chi connectivity index (χ3n) is 4.48. The zero-order valence-electron chi connectivity index (χ0n) is 17.9. The first-order chi connectivity index (χ1) is 15.4. The van der Waals surface area contributed by atoms with Crippen molar-refractivity contribution in [2.24, 2.45) is 0 Å². The molecule has 0 unspecified atom stereocenters. The molecule has 0 aliphatic rings. The molecule has 0 heterocycles. The minimum atomic E-state index is -0.460. The molecule has 0 aliphatic heterocycles. The van der Waals surface area contributed by atoms with Crippen LogP contribution in [-0.2, 0) is 16.1 Å². The van der Waals surface area contributed by atoms with Crippen LogP contribution in [0.25, 0.3) is 0 Å². The molecule has 3 aromatic rings. The molecule has 3 rings (SSSR count). The zero-order chi connectivity index (χ0) is 22.9. The van der Waals surface area contributed by atoms with E-state index in [-0.39, 0.29) is 25.0 Å². The maximum absolute atomic E-state index is 12.5. The number of benzene rings is 3. The van der Waals surface area contributed by atoms with Gasteiger partial charge in [-0.15, -0.1) is 0 Å². The van der Waals surface area contributed by atoms with Gasteiger partial charge in [0.05, 0.1) is 0 Å². The second-order valence-electron chi connectivity index (χ2n) is 7.11. The molecule has 0 spiro atoms. The summed E-state index contributed by atoms with van der Waals surface area (Å²) < 4.78 is 10.5. The number of amides is 2. The molecule has 2 amide bonds. The third-order valence-corrected chi connectivity index (χ3v) is 4.48. The summed E-state index contributed by atoms with van der Waals surface area (Å²) in [7, 11) is 0. The Morgan fingerprint density at radius 1 is 0.875 bits per heavy atom. The van der Waals surface area contributed by atoms with E-state index < -0.39 is 5.97 Å². The predicted molar refractivity (Wildman–Crippen MR) is 121 cm³/mol. The summed E-state index contributed by atoms with van der Waals surface area (Å²) in [5.41, 5.74) is 2.78. The van der Waals surface area contributed by atoms with Crippen molar-refractivity contribution in [3.8, 4) is 11.5 Å². The standard InChI is InChI=1S/C25H24N2O5/c1-17-10-12-21(13-11-17)31-16-24(29)27-23-9-4-3-6-20(23)15-26-25(30)19-7-5-8-22(14-19)32-18(2)28/h3-14H,15-16H2,1-2H3,(H,26,30)(H,27,29). The lowest BCUT2D eigenvalue weighted by atomic mass is 10.1. The molecule has 0 atom stereocenters. The van der Waals surface area contributed by atoms with E-state index >= 15 is 0 Å². The van der Waals surface area contributed by atoms with Crippen molar-refractivity contribution in [2.45, 2.75) is 20.4 Å². The lowest BCUT2D eigenvalue weighted by Crippen LogP contribution is -2.25. The average molecular weight is 432 g/mol. The number of para-hydroxylation sites is 1. The van der Waals surface area contributed by atoms with E-state index in [4.69, 9.17) is 9.47 Å². The van der Waals surface area contributed by atoms with Gasteiger partial charge in [0, 0.05) is 24.7 Å². The summed E-state index contributed by atoms with van der Waals surface area (Å²) in [6.45, 7) is 3.34. The minimum Gasteiger partial charge on any atom is -0.484 e. The zero-order valence-corrected chi connectivity index (χ0v) is 17.9. The first kappa shape index (κ1) is 22.6. The molecular formula is C25H24N2O5. The first-order valence-corrected chi connectivity index (χ1v) is 10.0. The number of nitrogens with one attached hydrogen (secondary N) is 2. The number of anilines is 1. The lowest BCUT2D eigenvalue weighted by molar-refractivity contribution is -0.131. The number of aryl methyl sites for hydroxylation is 1.